The van der Waals surface area contributed by atoms with Gasteiger partial charge in [0.25, 0.3) is 0 Å². The third kappa shape index (κ3) is 5.30. The van der Waals surface area contributed by atoms with E-state index in [0.717, 1.165) is 23.8 Å². The van der Waals surface area contributed by atoms with Crippen molar-refractivity contribution in [2.75, 3.05) is 18.9 Å². The monoisotopic (exact) mass is 351 g/mol. The summed E-state index contributed by atoms with van der Waals surface area (Å²) in [6.07, 6.45) is -0.747. The van der Waals surface area contributed by atoms with Gasteiger partial charge in [0.1, 0.15) is 0 Å². The van der Waals surface area contributed by atoms with Crippen molar-refractivity contribution in [2.24, 2.45) is 0 Å². The Morgan fingerprint density at radius 3 is 2.48 bits per heavy atom. The quantitative estimate of drug-likeness (QED) is 0.862. The van der Waals surface area contributed by atoms with Gasteiger partial charge in [0, 0.05) is 31.7 Å². The maximum atomic E-state index is 12.7. The second-order valence-electron chi connectivity index (χ2n) is 5.36. The first-order valence-electron chi connectivity index (χ1n) is 7.40. The number of nitrogens with one attached hydrogen (secondary N) is 1. The number of benzene rings is 1. The summed E-state index contributed by atoms with van der Waals surface area (Å²) in [6, 6.07) is 7.70. The minimum atomic E-state index is -4.52. The van der Waals surface area contributed by atoms with Crippen LogP contribution in [0.2, 0.25) is 0 Å². The minimum absolute atomic E-state index is 0.0873. The Labute approximate surface area is 142 Å². The maximum absolute atomic E-state index is 12.7. The van der Waals surface area contributed by atoms with E-state index in [0.29, 0.717) is 13.0 Å². The molecule has 1 aromatic heterocycles. The fraction of sp³-hybridized carbons (Fsp3) is 0.235. The zero-order valence-electron chi connectivity index (χ0n) is 13.4. The fourth-order valence-corrected chi connectivity index (χ4v) is 2.08. The Bertz CT molecular complexity index is 748. The van der Waals surface area contributed by atoms with Crippen LogP contribution in [-0.2, 0) is 22.2 Å². The van der Waals surface area contributed by atoms with Gasteiger partial charge in [-0.3, -0.25) is 14.6 Å². The lowest BCUT2D eigenvalue weighted by atomic mass is 10.2. The average Bonchev–Trinajstić information content (AvgIpc) is 2.59. The molecule has 132 valence electrons. The number of hydrogen-bond acceptors (Lipinski definition) is 3. The molecule has 1 heterocycles. The number of amides is 2. The number of rotatable bonds is 4. The molecule has 1 aromatic carbocycles. The summed E-state index contributed by atoms with van der Waals surface area (Å²) in [6.45, 7) is 0.291. The van der Waals surface area contributed by atoms with Gasteiger partial charge < -0.3 is 10.2 Å². The predicted molar refractivity (Wildman–Crippen MR) is 85.7 cm³/mol. The maximum Gasteiger partial charge on any atom is 0.416 e. The van der Waals surface area contributed by atoms with E-state index in [1.807, 2.05) is 0 Å². The minimum Gasteiger partial charge on any atom is -0.337 e. The van der Waals surface area contributed by atoms with Gasteiger partial charge in [0.05, 0.1) is 5.56 Å². The van der Waals surface area contributed by atoms with E-state index < -0.39 is 23.6 Å². The summed E-state index contributed by atoms with van der Waals surface area (Å²) in [4.78, 5) is 29.1. The third-order valence-electron chi connectivity index (χ3n) is 3.47. The number of likely N-dealkylation sites (N-methyl/N-ethyl adjacent to an activating group) is 1. The van der Waals surface area contributed by atoms with E-state index in [9.17, 15) is 22.8 Å². The summed E-state index contributed by atoms with van der Waals surface area (Å²) in [5.41, 5.74) is -0.0348. The third-order valence-corrected chi connectivity index (χ3v) is 3.47. The van der Waals surface area contributed by atoms with Crippen LogP contribution >= 0.6 is 0 Å². The van der Waals surface area contributed by atoms with Gasteiger partial charge in [0.15, 0.2) is 0 Å². The summed E-state index contributed by atoms with van der Waals surface area (Å²) < 4.78 is 38.0. The van der Waals surface area contributed by atoms with Crippen LogP contribution in [0.3, 0.4) is 0 Å². The first-order chi connectivity index (χ1) is 11.8. The lowest BCUT2D eigenvalue weighted by Gasteiger charge is -2.17. The molecule has 2 amide bonds. The van der Waals surface area contributed by atoms with E-state index in [1.165, 1.54) is 18.0 Å². The highest BCUT2D eigenvalue weighted by molar-refractivity contribution is 6.39. The highest BCUT2D eigenvalue weighted by atomic mass is 19.4. The zero-order valence-corrected chi connectivity index (χ0v) is 13.4. The molecule has 0 spiro atoms. The SMILES string of the molecule is CN(CCc1ccncc1)C(=O)C(=O)Nc1cccc(C(F)(F)F)c1. The van der Waals surface area contributed by atoms with Crippen LogP contribution in [0.25, 0.3) is 0 Å². The van der Waals surface area contributed by atoms with Crippen molar-refractivity contribution in [3.63, 3.8) is 0 Å². The molecule has 0 saturated heterocycles. The Kier molecular flexibility index (Phi) is 5.74. The van der Waals surface area contributed by atoms with E-state index in [-0.39, 0.29) is 5.69 Å². The molecule has 0 unspecified atom stereocenters. The number of hydrogen-bond donors (Lipinski definition) is 1. The molecule has 25 heavy (non-hydrogen) atoms. The Balaban J connectivity index is 1.94. The number of pyridine rings is 1. The first-order valence-corrected chi connectivity index (χ1v) is 7.40. The van der Waals surface area contributed by atoms with Crippen LogP contribution in [0.1, 0.15) is 11.1 Å². The first kappa shape index (κ1) is 18.4. The van der Waals surface area contributed by atoms with Crippen LogP contribution in [0.5, 0.6) is 0 Å². The number of anilines is 1. The van der Waals surface area contributed by atoms with E-state index in [2.05, 4.69) is 10.3 Å². The van der Waals surface area contributed by atoms with Gasteiger partial charge in [-0.15, -0.1) is 0 Å². The van der Waals surface area contributed by atoms with Crippen molar-refractivity contribution in [2.45, 2.75) is 12.6 Å². The standard InChI is InChI=1S/C17H16F3N3O2/c1-23(10-7-12-5-8-21-9-6-12)16(25)15(24)22-14-4-2-3-13(11-14)17(18,19)20/h2-6,8-9,11H,7,10H2,1H3,(H,22,24). The molecular formula is C17H16F3N3O2. The van der Waals surface area contributed by atoms with Gasteiger partial charge >= 0.3 is 18.0 Å². The Hall–Kier alpha value is -2.90. The van der Waals surface area contributed by atoms with Crippen molar-refractivity contribution >= 4 is 17.5 Å². The molecular weight excluding hydrogens is 335 g/mol. The smallest absolute Gasteiger partial charge is 0.337 e. The molecule has 2 rings (SSSR count). The highest BCUT2D eigenvalue weighted by Crippen LogP contribution is 2.30. The molecule has 2 aromatic rings. The number of carbonyl (C=O) groups excluding carboxylic acids is 2. The van der Waals surface area contributed by atoms with Crippen molar-refractivity contribution in [3.8, 4) is 0 Å². The zero-order chi connectivity index (χ0) is 18.4. The van der Waals surface area contributed by atoms with Crippen molar-refractivity contribution in [1.29, 1.82) is 0 Å². The molecule has 0 atom stereocenters. The summed E-state index contributed by atoms with van der Waals surface area (Å²) in [5, 5.41) is 2.19. The van der Waals surface area contributed by atoms with Gasteiger partial charge in [0.2, 0.25) is 0 Å². The second-order valence-corrected chi connectivity index (χ2v) is 5.36. The molecule has 0 saturated carbocycles. The normalized spacial score (nSPS) is 11.0. The van der Waals surface area contributed by atoms with Gasteiger partial charge in [-0.2, -0.15) is 13.2 Å². The van der Waals surface area contributed by atoms with Crippen molar-refractivity contribution < 1.29 is 22.8 Å². The summed E-state index contributed by atoms with van der Waals surface area (Å²) >= 11 is 0. The molecule has 0 bridgehead atoms. The topological polar surface area (TPSA) is 62.3 Å². The molecule has 0 radical (unpaired) electrons. The number of nitrogens with zero attached hydrogens (tertiary/aromatic N) is 2. The van der Waals surface area contributed by atoms with E-state index in [1.54, 1.807) is 24.5 Å². The van der Waals surface area contributed by atoms with Crippen LogP contribution in [0.15, 0.2) is 48.8 Å². The summed E-state index contributed by atoms with van der Waals surface area (Å²) in [5.74, 6) is -1.82. The van der Waals surface area contributed by atoms with Gasteiger partial charge in [-0.1, -0.05) is 6.07 Å². The molecule has 8 heteroatoms. The molecule has 0 fully saturated rings. The second kappa shape index (κ2) is 7.78. The number of aromatic nitrogens is 1. The lowest BCUT2D eigenvalue weighted by molar-refractivity contribution is -0.142. The molecule has 0 aliphatic heterocycles. The van der Waals surface area contributed by atoms with Crippen LogP contribution in [0, 0.1) is 0 Å². The number of halogens is 3. The van der Waals surface area contributed by atoms with Gasteiger partial charge in [-0.05, 0) is 42.3 Å². The van der Waals surface area contributed by atoms with Crippen LogP contribution < -0.4 is 5.32 Å². The highest BCUT2D eigenvalue weighted by Gasteiger charge is 2.30. The number of alkyl halides is 3. The lowest BCUT2D eigenvalue weighted by Crippen LogP contribution is -2.38. The average molecular weight is 351 g/mol. The van der Waals surface area contributed by atoms with Crippen molar-refractivity contribution in [3.05, 3.63) is 59.9 Å². The summed E-state index contributed by atoms with van der Waals surface area (Å²) in [7, 11) is 1.45. The molecule has 0 aliphatic carbocycles. The Morgan fingerprint density at radius 1 is 1.16 bits per heavy atom. The fourth-order valence-electron chi connectivity index (χ4n) is 2.08. The molecule has 5 nitrogen and oxygen atoms in total. The van der Waals surface area contributed by atoms with Crippen molar-refractivity contribution in [1.82, 2.24) is 9.88 Å². The van der Waals surface area contributed by atoms with E-state index >= 15 is 0 Å². The largest absolute Gasteiger partial charge is 0.416 e. The van der Waals surface area contributed by atoms with Crippen LogP contribution in [0.4, 0.5) is 18.9 Å². The Morgan fingerprint density at radius 2 is 1.84 bits per heavy atom. The predicted octanol–water partition coefficient (Wildman–Crippen LogP) is 2.74. The molecule has 1 N–H and O–H groups in total. The van der Waals surface area contributed by atoms with E-state index in [4.69, 9.17) is 0 Å². The van der Waals surface area contributed by atoms with Crippen LogP contribution in [-0.4, -0.2) is 35.3 Å². The number of carbonyl (C=O) groups is 2. The van der Waals surface area contributed by atoms with Gasteiger partial charge in [-0.25, -0.2) is 0 Å². The molecule has 0 aliphatic rings.